The fourth-order valence-corrected chi connectivity index (χ4v) is 3.55. The van der Waals surface area contributed by atoms with Crippen LogP contribution in [-0.2, 0) is 9.73 Å². The van der Waals surface area contributed by atoms with E-state index in [4.69, 9.17) is 5.26 Å². The van der Waals surface area contributed by atoms with Crippen LogP contribution in [0.2, 0.25) is 0 Å². The monoisotopic (exact) mass is 215 g/mol. The summed E-state index contributed by atoms with van der Waals surface area (Å²) in [6.07, 6.45) is 3.03. The Morgan fingerprint density at radius 1 is 1.62 bits per heavy atom. The first kappa shape index (κ1) is 10.2. The van der Waals surface area contributed by atoms with Gasteiger partial charge >= 0.3 is 0 Å². The number of nitriles is 1. The molecule has 0 aliphatic rings. The van der Waals surface area contributed by atoms with Gasteiger partial charge in [-0.15, -0.1) is 15.7 Å². The van der Waals surface area contributed by atoms with Gasteiger partial charge in [0, 0.05) is 6.26 Å². The summed E-state index contributed by atoms with van der Waals surface area (Å²) in [6.45, 7) is 3.61. The van der Waals surface area contributed by atoms with Gasteiger partial charge in [-0.1, -0.05) is 0 Å². The maximum Gasteiger partial charge on any atom is 0.214 e. The number of aromatic nitrogens is 1. The van der Waals surface area contributed by atoms with Crippen LogP contribution in [-0.4, -0.2) is 15.4 Å². The van der Waals surface area contributed by atoms with Gasteiger partial charge in [0.25, 0.3) is 0 Å². The molecule has 0 amide bonds. The second-order valence-electron chi connectivity index (χ2n) is 2.60. The highest BCUT2D eigenvalue weighted by Crippen LogP contribution is 2.23. The molecule has 70 valence electrons. The van der Waals surface area contributed by atoms with Crippen molar-refractivity contribution in [3.05, 3.63) is 10.7 Å². The van der Waals surface area contributed by atoms with E-state index in [1.807, 2.05) is 6.92 Å². The second kappa shape index (κ2) is 3.44. The number of hydrogen-bond donors (Lipinski definition) is 0. The molecule has 1 atom stereocenters. The van der Waals surface area contributed by atoms with E-state index in [9.17, 15) is 4.21 Å². The van der Waals surface area contributed by atoms with E-state index in [1.165, 1.54) is 17.6 Å². The maximum atomic E-state index is 11.8. The van der Waals surface area contributed by atoms with Crippen molar-refractivity contribution in [1.82, 2.24) is 4.98 Å². The minimum atomic E-state index is -2.55. The summed E-state index contributed by atoms with van der Waals surface area (Å²) in [5.41, 5.74) is 0.703. The van der Waals surface area contributed by atoms with Crippen molar-refractivity contribution >= 4 is 21.1 Å². The van der Waals surface area contributed by atoms with Crippen LogP contribution in [0.5, 0.6) is 0 Å². The van der Waals surface area contributed by atoms with Gasteiger partial charge in [0.15, 0.2) is 0 Å². The van der Waals surface area contributed by atoms with Crippen molar-refractivity contribution in [2.45, 2.75) is 18.1 Å². The zero-order valence-electron chi connectivity index (χ0n) is 7.57. The summed E-state index contributed by atoms with van der Waals surface area (Å²) in [6, 6.07) is 0. The molecular formula is C7H9N3OS2. The molecule has 6 heteroatoms. The first-order valence-electron chi connectivity index (χ1n) is 3.51. The molecule has 0 aliphatic carbocycles. The van der Waals surface area contributed by atoms with Crippen LogP contribution in [0, 0.1) is 25.3 Å². The molecular weight excluding hydrogens is 206 g/mol. The van der Waals surface area contributed by atoms with Crippen LogP contribution >= 0.6 is 11.3 Å². The van der Waals surface area contributed by atoms with Gasteiger partial charge in [-0.05, 0) is 13.8 Å². The summed E-state index contributed by atoms with van der Waals surface area (Å²) >= 11 is 1.33. The third kappa shape index (κ3) is 2.05. The van der Waals surface area contributed by atoms with Gasteiger partial charge in [-0.2, -0.15) is 5.26 Å². The number of nitrogens with zero attached hydrogens (tertiary/aromatic N) is 3. The van der Waals surface area contributed by atoms with Crippen LogP contribution in [0.1, 0.15) is 10.7 Å². The Hall–Kier alpha value is -0.930. The summed E-state index contributed by atoms with van der Waals surface area (Å²) in [7, 11) is -2.55. The molecule has 0 bridgehead atoms. The van der Waals surface area contributed by atoms with Crippen LogP contribution < -0.4 is 0 Å². The molecule has 0 fully saturated rings. The van der Waals surface area contributed by atoms with E-state index in [-0.39, 0.29) is 0 Å². The van der Waals surface area contributed by atoms with Crippen molar-refractivity contribution < 1.29 is 4.21 Å². The molecule has 0 aliphatic heterocycles. The van der Waals surface area contributed by atoms with Crippen LogP contribution in [0.25, 0.3) is 0 Å². The third-order valence-electron chi connectivity index (χ3n) is 1.42. The van der Waals surface area contributed by atoms with Crippen LogP contribution in [0.4, 0.5) is 0 Å². The molecule has 0 spiro atoms. The first-order chi connectivity index (χ1) is 5.97. The van der Waals surface area contributed by atoms with E-state index in [0.29, 0.717) is 9.90 Å². The van der Waals surface area contributed by atoms with E-state index < -0.39 is 9.73 Å². The Morgan fingerprint density at radius 3 is 2.62 bits per heavy atom. The Morgan fingerprint density at radius 2 is 2.23 bits per heavy atom. The quantitative estimate of drug-likeness (QED) is 0.670. The molecule has 1 unspecified atom stereocenters. The molecule has 1 aromatic heterocycles. The topological polar surface area (TPSA) is 66.1 Å². The van der Waals surface area contributed by atoms with Gasteiger partial charge in [0.2, 0.25) is 6.19 Å². The SMILES string of the molecule is Cc1nc(C)c(S(C)(=O)=NC#N)s1. The molecule has 1 heterocycles. The fraction of sp³-hybridized carbons (Fsp3) is 0.429. The zero-order valence-corrected chi connectivity index (χ0v) is 9.20. The maximum absolute atomic E-state index is 11.8. The molecule has 0 radical (unpaired) electrons. The number of aryl methyl sites for hydroxylation is 2. The lowest BCUT2D eigenvalue weighted by Crippen LogP contribution is -1.95. The van der Waals surface area contributed by atoms with Crippen molar-refractivity contribution in [1.29, 1.82) is 5.26 Å². The van der Waals surface area contributed by atoms with Crippen molar-refractivity contribution in [2.24, 2.45) is 4.36 Å². The normalized spacial score (nSPS) is 14.6. The lowest BCUT2D eigenvalue weighted by atomic mass is 10.6. The molecule has 0 N–H and O–H groups in total. The predicted octanol–water partition coefficient (Wildman–Crippen LogP) is 1.70. The van der Waals surface area contributed by atoms with E-state index in [0.717, 1.165) is 5.01 Å². The number of rotatable bonds is 1. The predicted molar refractivity (Wildman–Crippen MR) is 52.0 cm³/mol. The van der Waals surface area contributed by atoms with Gasteiger partial charge in [0.1, 0.15) is 4.21 Å². The Labute approximate surface area is 81.4 Å². The smallest absolute Gasteiger partial charge is 0.214 e. The van der Waals surface area contributed by atoms with Crippen LogP contribution in [0.15, 0.2) is 8.57 Å². The number of thiazole rings is 1. The minimum Gasteiger partial charge on any atom is -0.246 e. The minimum absolute atomic E-state index is 0.603. The lowest BCUT2D eigenvalue weighted by Gasteiger charge is -1.96. The molecule has 0 saturated heterocycles. The largest absolute Gasteiger partial charge is 0.246 e. The van der Waals surface area contributed by atoms with Crippen LogP contribution in [0.3, 0.4) is 0 Å². The Kier molecular flexibility index (Phi) is 2.68. The first-order valence-corrected chi connectivity index (χ1v) is 6.25. The average Bonchev–Trinajstić information content (AvgIpc) is 2.30. The lowest BCUT2D eigenvalue weighted by molar-refractivity contribution is 0.681. The van der Waals surface area contributed by atoms with Crippen molar-refractivity contribution in [3.8, 4) is 6.19 Å². The molecule has 0 aromatic carbocycles. The molecule has 1 aromatic rings. The molecule has 4 nitrogen and oxygen atoms in total. The highest BCUT2D eigenvalue weighted by atomic mass is 32.2. The summed E-state index contributed by atoms with van der Waals surface area (Å²) in [4.78, 5) is 4.13. The summed E-state index contributed by atoms with van der Waals surface area (Å²) in [5, 5.41) is 9.19. The second-order valence-corrected chi connectivity index (χ2v) is 6.26. The van der Waals surface area contributed by atoms with Crippen molar-refractivity contribution in [2.75, 3.05) is 6.26 Å². The Balaban J connectivity index is 3.41. The highest BCUT2D eigenvalue weighted by molar-refractivity contribution is 7.95. The van der Waals surface area contributed by atoms with Gasteiger partial charge < -0.3 is 0 Å². The summed E-state index contributed by atoms with van der Waals surface area (Å²) in [5.74, 6) is 0. The van der Waals surface area contributed by atoms with Gasteiger partial charge in [-0.25, -0.2) is 9.19 Å². The van der Waals surface area contributed by atoms with E-state index in [1.54, 1.807) is 13.1 Å². The third-order valence-corrected chi connectivity index (χ3v) is 4.88. The van der Waals surface area contributed by atoms with E-state index in [2.05, 4.69) is 9.35 Å². The fourth-order valence-electron chi connectivity index (χ4n) is 0.983. The standard InChI is InChI=1S/C7H9N3OS2/c1-5-7(12-6(2)10-5)13(3,11)9-4-8/h1-3H3. The zero-order chi connectivity index (χ0) is 10.1. The van der Waals surface area contributed by atoms with Crippen molar-refractivity contribution in [3.63, 3.8) is 0 Å². The van der Waals surface area contributed by atoms with Gasteiger partial charge in [-0.3, -0.25) is 0 Å². The average molecular weight is 215 g/mol. The van der Waals surface area contributed by atoms with Gasteiger partial charge in [0.05, 0.1) is 20.4 Å². The summed E-state index contributed by atoms with van der Waals surface area (Å²) < 4.78 is 15.8. The molecule has 13 heavy (non-hydrogen) atoms. The molecule has 0 saturated carbocycles. The molecule has 1 rings (SSSR count). The Bertz CT molecular complexity index is 474. The highest BCUT2D eigenvalue weighted by Gasteiger charge is 2.13. The van der Waals surface area contributed by atoms with E-state index >= 15 is 0 Å². The number of hydrogen-bond acceptors (Lipinski definition) is 5.